The molecule has 148 valence electrons. The standard InChI is InChI=1S/C13H5N5O11/c19-13(6-2-1-3-8(14(20)21)10(6)16(24)25)7-4-5-9(15(22)23)12(18(28)29)11(7)17(26)27/h1-5H. The Morgan fingerprint density at radius 3 is 1.45 bits per heavy atom. The van der Waals surface area contributed by atoms with Crippen LogP contribution >= 0.6 is 0 Å². The molecule has 0 aliphatic heterocycles. The summed E-state index contributed by atoms with van der Waals surface area (Å²) in [7, 11) is 0. The Bertz CT molecular complexity index is 1130. The molecule has 2 aromatic carbocycles. The van der Waals surface area contributed by atoms with Crippen LogP contribution in [0, 0.1) is 50.6 Å². The number of hydrogen-bond donors (Lipinski definition) is 0. The smallest absolute Gasteiger partial charge is 0.288 e. The first-order chi connectivity index (χ1) is 13.5. The number of hydrogen-bond acceptors (Lipinski definition) is 11. The molecule has 0 unspecified atom stereocenters. The molecule has 0 radical (unpaired) electrons. The Morgan fingerprint density at radius 1 is 0.552 bits per heavy atom. The fourth-order valence-electron chi connectivity index (χ4n) is 2.46. The molecule has 16 nitrogen and oxygen atoms in total. The zero-order valence-corrected chi connectivity index (χ0v) is 13.6. The second kappa shape index (κ2) is 7.39. The van der Waals surface area contributed by atoms with Crippen molar-refractivity contribution in [1.29, 1.82) is 0 Å². The van der Waals surface area contributed by atoms with Crippen molar-refractivity contribution in [3.05, 3.63) is 92.0 Å². The van der Waals surface area contributed by atoms with Crippen molar-refractivity contribution >= 4 is 34.2 Å². The Kier molecular flexibility index (Phi) is 5.20. The van der Waals surface area contributed by atoms with Crippen molar-refractivity contribution in [2.45, 2.75) is 0 Å². The minimum absolute atomic E-state index is 0.446. The summed E-state index contributed by atoms with van der Waals surface area (Å²) in [5.74, 6) is -1.54. The maximum Gasteiger partial charge on any atom is 0.423 e. The van der Waals surface area contributed by atoms with Gasteiger partial charge in [-0.3, -0.25) is 55.4 Å². The van der Waals surface area contributed by atoms with Gasteiger partial charge >= 0.3 is 28.4 Å². The van der Waals surface area contributed by atoms with E-state index < -0.39 is 70.0 Å². The largest absolute Gasteiger partial charge is 0.423 e. The monoisotopic (exact) mass is 407 g/mol. The van der Waals surface area contributed by atoms with Crippen molar-refractivity contribution < 1.29 is 29.4 Å². The molecular formula is C13H5N5O11. The van der Waals surface area contributed by atoms with Crippen LogP contribution in [-0.2, 0) is 0 Å². The van der Waals surface area contributed by atoms with Gasteiger partial charge in [-0.05, 0) is 12.1 Å². The fourth-order valence-corrected chi connectivity index (χ4v) is 2.46. The molecule has 29 heavy (non-hydrogen) atoms. The number of nitrogens with zero attached hydrogens (tertiary/aromatic N) is 5. The summed E-state index contributed by atoms with van der Waals surface area (Å²) < 4.78 is 0. The van der Waals surface area contributed by atoms with Gasteiger partial charge in [0.2, 0.25) is 5.78 Å². The Morgan fingerprint density at radius 2 is 1.00 bits per heavy atom. The quantitative estimate of drug-likeness (QED) is 0.367. The van der Waals surface area contributed by atoms with Crippen LogP contribution in [0.3, 0.4) is 0 Å². The molecule has 0 bridgehead atoms. The van der Waals surface area contributed by atoms with Crippen LogP contribution in [0.4, 0.5) is 28.4 Å². The van der Waals surface area contributed by atoms with Crippen LogP contribution in [0.2, 0.25) is 0 Å². The van der Waals surface area contributed by atoms with E-state index in [-0.39, 0.29) is 0 Å². The van der Waals surface area contributed by atoms with Gasteiger partial charge in [0, 0.05) is 12.1 Å². The summed E-state index contributed by atoms with van der Waals surface area (Å²) in [5.41, 5.74) is -8.91. The highest BCUT2D eigenvalue weighted by Crippen LogP contribution is 2.41. The van der Waals surface area contributed by atoms with Gasteiger partial charge in [0.25, 0.3) is 0 Å². The number of ketones is 1. The van der Waals surface area contributed by atoms with E-state index in [0.29, 0.717) is 18.2 Å². The Hall–Kier alpha value is -4.89. The van der Waals surface area contributed by atoms with Crippen LogP contribution in [0.15, 0.2) is 30.3 Å². The molecule has 0 aliphatic carbocycles. The first-order valence-corrected chi connectivity index (χ1v) is 7.05. The highest BCUT2D eigenvalue weighted by atomic mass is 16.7. The SMILES string of the molecule is O=C(c1cccc([N+](=O)[O-])c1[N+](=O)[O-])c1ccc([N+](=O)[O-])c([N+](=O)[O-])c1[N+](=O)[O-]. The first-order valence-electron chi connectivity index (χ1n) is 7.05. The average molecular weight is 407 g/mol. The molecule has 0 atom stereocenters. The lowest BCUT2D eigenvalue weighted by Gasteiger charge is -2.05. The lowest BCUT2D eigenvalue weighted by atomic mass is 9.98. The number of rotatable bonds is 7. The molecule has 2 rings (SSSR count). The predicted molar refractivity (Wildman–Crippen MR) is 89.6 cm³/mol. The molecular weight excluding hydrogens is 402 g/mol. The summed E-state index contributed by atoms with van der Waals surface area (Å²) in [4.78, 5) is 61.8. The van der Waals surface area contributed by atoms with E-state index >= 15 is 0 Å². The van der Waals surface area contributed by atoms with E-state index in [1.54, 1.807) is 0 Å². The molecule has 0 saturated heterocycles. The van der Waals surface area contributed by atoms with E-state index in [2.05, 4.69) is 0 Å². The molecule has 0 amide bonds. The molecule has 16 heteroatoms. The van der Waals surface area contributed by atoms with Gasteiger partial charge < -0.3 is 0 Å². The van der Waals surface area contributed by atoms with Crippen LogP contribution in [0.1, 0.15) is 15.9 Å². The number of nitro groups is 5. The molecule has 0 aromatic heterocycles. The van der Waals surface area contributed by atoms with Gasteiger partial charge in [-0.1, -0.05) is 6.07 Å². The average Bonchev–Trinajstić information content (AvgIpc) is 2.64. The minimum Gasteiger partial charge on any atom is -0.288 e. The molecule has 0 heterocycles. The number of benzene rings is 2. The number of carbonyl (C=O) groups is 1. The van der Waals surface area contributed by atoms with E-state index in [4.69, 9.17) is 0 Å². The lowest BCUT2D eigenvalue weighted by Crippen LogP contribution is -2.12. The summed E-state index contributed by atoms with van der Waals surface area (Å²) >= 11 is 0. The van der Waals surface area contributed by atoms with Crippen LogP contribution in [0.5, 0.6) is 0 Å². The molecule has 0 saturated carbocycles. The third-order valence-corrected chi connectivity index (χ3v) is 3.58. The summed E-state index contributed by atoms with van der Waals surface area (Å²) in [6.45, 7) is 0. The maximum absolute atomic E-state index is 12.7. The summed E-state index contributed by atoms with van der Waals surface area (Å²) in [6, 6.07) is 3.31. The van der Waals surface area contributed by atoms with Gasteiger partial charge in [-0.2, -0.15) is 0 Å². The molecule has 0 fully saturated rings. The molecule has 0 N–H and O–H groups in total. The molecule has 0 aliphatic rings. The maximum atomic E-state index is 12.7. The first kappa shape index (κ1) is 20.4. The van der Waals surface area contributed by atoms with Crippen LogP contribution in [-0.4, -0.2) is 30.4 Å². The topological polar surface area (TPSA) is 233 Å². The number of para-hydroxylation sites is 1. The van der Waals surface area contributed by atoms with Gasteiger partial charge in [0.05, 0.1) is 24.6 Å². The third-order valence-electron chi connectivity index (χ3n) is 3.58. The van der Waals surface area contributed by atoms with Crippen molar-refractivity contribution in [2.24, 2.45) is 0 Å². The van der Waals surface area contributed by atoms with Gasteiger partial charge in [0.1, 0.15) is 11.1 Å². The van der Waals surface area contributed by atoms with Crippen molar-refractivity contribution in [1.82, 2.24) is 0 Å². The zero-order chi connectivity index (χ0) is 22.0. The Balaban J connectivity index is 2.90. The van der Waals surface area contributed by atoms with Gasteiger partial charge in [0.15, 0.2) is 0 Å². The zero-order valence-electron chi connectivity index (χ0n) is 13.6. The van der Waals surface area contributed by atoms with Crippen molar-refractivity contribution in [3.63, 3.8) is 0 Å². The second-order valence-corrected chi connectivity index (χ2v) is 5.12. The lowest BCUT2D eigenvalue weighted by molar-refractivity contribution is -0.441. The van der Waals surface area contributed by atoms with Crippen LogP contribution < -0.4 is 0 Å². The van der Waals surface area contributed by atoms with Gasteiger partial charge in [-0.15, -0.1) is 0 Å². The normalized spacial score (nSPS) is 10.2. The van der Waals surface area contributed by atoms with Crippen LogP contribution in [0.25, 0.3) is 0 Å². The molecule has 0 spiro atoms. The third kappa shape index (κ3) is 3.52. The predicted octanol–water partition coefficient (Wildman–Crippen LogP) is 2.46. The number of nitro benzene ring substituents is 5. The Labute approximate surface area is 156 Å². The minimum atomic E-state index is -1.61. The molecule has 2 aromatic rings. The highest BCUT2D eigenvalue weighted by Gasteiger charge is 2.42. The van der Waals surface area contributed by atoms with E-state index in [0.717, 1.165) is 12.1 Å². The van der Waals surface area contributed by atoms with E-state index in [1.165, 1.54) is 0 Å². The van der Waals surface area contributed by atoms with Crippen molar-refractivity contribution in [2.75, 3.05) is 0 Å². The second-order valence-electron chi connectivity index (χ2n) is 5.12. The fraction of sp³-hybridized carbons (Fsp3) is 0. The number of carbonyl (C=O) groups excluding carboxylic acids is 1. The van der Waals surface area contributed by atoms with Crippen molar-refractivity contribution in [3.8, 4) is 0 Å². The van der Waals surface area contributed by atoms with E-state index in [9.17, 15) is 55.4 Å². The summed E-state index contributed by atoms with van der Waals surface area (Å²) in [5, 5.41) is 55.7. The highest BCUT2D eigenvalue weighted by molar-refractivity contribution is 6.15. The van der Waals surface area contributed by atoms with E-state index in [1.807, 2.05) is 0 Å². The van der Waals surface area contributed by atoms with Gasteiger partial charge in [-0.25, -0.2) is 0 Å². The summed E-state index contributed by atoms with van der Waals surface area (Å²) in [6.07, 6.45) is 0.